The van der Waals surface area contributed by atoms with Gasteiger partial charge in [-0.1, -0.05) is 0 Å². The minimum Gasteiger partial charge on any atom is -0.370 e. The van der Waals surface area contributed by atoms with Crippen LogP contribution >= 0.6 is 11.6 Å². The SMILES string of the molecule is Cc1cc(S(=O)(=O)C(C)(C)C)c(C(F)(F)F)cc1C(=O)Cl.Cc1cc(S(=O)(=O)C(C)(C)C)c(C(F)(F)F)cc1C(=O)N=C(N)N. The number of nitrogens with two attached hydrogens (primary N) is 2. The van der Waals surface area contributed by atoms with Gasteiger partial charge in [0.2, 0.25) is 0 Å². The molecule has 0 heterocycles. The summed E-state index contributed by atoms with van der Waals surface area (Å²) >= 11 is 5.23. The number of halogens is 7. The minimum absolute atomic E-state index is 0.0147. The molecule has 9 nitrogen and oxygen atoms in total. The number of rotatable bonds is 4. The maximum Gasteiger partial charge on any atom is 0.417 e. The van der Waals surface area contributed by atoms with Crippen molar-refractivity contribution in [3.63, 3.8) is 0 Å². The Balaban J connectivity index is 0.000000454. The van der Waals surface area contributed by atoms with Crippen LogP contribution < -0.4 is 11.5 Å². The van der Waals surface area contributed by atoms with Crippen molar-refractivity contribution in [2.24, 2.45) is 16.5 Å². The van der Waals surface area contributed by atoms with Crippen molar-refractivity contribution in [2.45, 2.75) is 87.0 Å². The molecule has 2 aromatic rings. The van der Waals surface area contributed by atoms with Crippen molar-refractivity contribution in [2.75, 3.05) is 0 Å². The number of carbonyl (C=O) groups is 2. The summed E-state index contributed by atoms with van der Waals surface area (Å²) in [6.07, 6.45) is -9.89. The Morgan fingerprint density at radius 2 is 0.978 bits per heavy atom. The van der Waals surface area contributed by atoms with Crippen molar-refractivity contribution in [1.82, 2.24) is 0 Å². The van der Waals surface area contributed by atoms with Gasteiger partial charge in [0.15, 0.2) is 25.6 Å². The second-order valence-electron chi connectivity index (χ2n) is 11.7. The molecule has 0 saturated carbocycles. The van der Waals surface area contributed by atoms with Gasteiger partial charge in [0.05, 0.1) is 30.4 Å². The van der Waals surface area contributed by atoms with E-state index < -0.39 is 85.1 Å². The molecule has 252 valence electrons. The Morgan fingerprint density at radius 3 is 1.24 bits per heavy atom. The van der Waals surface area contributed by atoms with Crippen molar-refractivity contribution >= 4 is 48.4 Å². The zero-order chi connectivity index (χ0) is 35.9. The molecule has 18 heteroatoms. The smallest absolute Gasteiger partial charge is 0.370 e. The Labute approximate surface area is 261 Å². The maximum absolute atomic E-state index is 13.3. The number of sulfone groups is 2. The third kappa shape index (κ3) is 8.97. The molecule has 0 radical (unpaired) electrons. The van der Waals surface area contributed by atoms with Crippen LogP contribution in [-0.4, -0.2) is 43.4 Å². The molecule has 0 spiro atoms. The normalized spacial score (nSPS) is 13.0. The van der Waals surface area contributed by atoms with E-state index in [4.69, 9.17) is 23.1 Å². The summed E-state index contributed by atoms with van der Waals surface area (Å²) < 4.78 is 126. The van der Waals surface area contributed by atoms with Crippen molar-refractivity contribution in [1.29, 1.82) is 0 Å². The highest BCUT2D eigenvalue weighted by Gasteiger charge is 2.43. The zero-order valence-corrected chi connectivity index (χ0v) is 27.7. The second-order valence-corrected chi connectivity index (χ2v) is 17.4. The van der Waals surface area contributed by atoms with E-state index in [1.54, 1.807) is 0 Å². The molecular weight excluding hydrogens is 676 g/mol. The highest BCUT2D eigenvalue weighted by Crippen LogP contribution is 2.40. The van der Waals surface area contributed by atoms with Gasteiger partial charge >= 0.3 is 12.4 Å². The third-order valence-electron chi connectivity index (χ3n) is 6.13. The number of hydrogen-bond acceptors (Lipinski definition) is 6. The molecule has 0 aliphatic carbocycles. The van der Waals surface area contributed by atoms with Crippen molar-refractivity contribution in [3.8, 4) is 0 Å². The van der Waals surface area contributed by atoms with E-state index in [1.165, 1.54) is 55.4 Å². The molecule has 0 atom stereocenters. The fraction of sp³-hybridized carbons (Fsp3) is 0.444. The molecule has 2 aromatic carbocycles. The lowest BCUT2D eigenvalue weighted by Crippen LogP contribution is -2.30. The minimum atomic E-state index is -4.98. The first-order chi connectivity index (χ1) is 19.8. The molecule has 0 aliphatic rings. The number of amides is 1. The largest absolute Gasteiger partial charge is 0.417 e. The first kappa shape index (κ1) is 39.8. The lowest BCUT2D eigenvalue weighted by atomic mass is 10.0. The number of aliphatic imine (C=N–C) groups is 1. The molecule has 0 aromatic heterocycles. The first-order valence-electron chi connectivity index (χ1n) is 12.5. The number of nitrogens with zero attached hydrogens (tertiary/aromatic N) is 1. The fourth-order valence-corrected chi connectivity index (χ4v) is 6.65. The van der Waals surface area contributed by atoms with Crippen LogP contribution in [0.2, 0.25) is 0 Å². The average molecular weight is 708 g/mol. The Hall–Kier alpha value is -3.18. The number of carbonyl (C=O) groups excluding carboxylic acids is 2. The van der Waals surface area contributed by atoms with Gasteiger partial charge in [-0.3, -0.25) is 9.59 Å². The molecule has 2 rings (SSSR count). The molecule has 0 saturated heterocycles. The molecule has 0 aliphatic heterocycles. The van der Waals surface area contributed by atoms with Crippen molar-refractivity contribution < 1.29 is 52.8 Å². The zero-order valence-electron chi connectivity index (χ0n) is 25.3. The van der Waals surface area contributed by atoms with E-state index in [0.717, 1.165) is 12.1 Å². The highest BCUT2D eigenvalue weighted by atomic mass is 35.5. The van der Waals surface area contributed by atoms with Crippen LogP contribution in [0.1, 0.15) is 84.5 Å². The fourth-order valence-electron chi connectivity index (χ4n) is 3.53. The monoisotopic (exact) mass is 707 g/mol. The first-order valence-corrected chi connectivity index (χ1v) is 15.9. The van der Waals surface area contributed by atoms with Crippen LogP contribution in [0, 0.1) is 13.8 Å². The number of benzene rings is 2. The van der Waals surface area contributed by atoms with Gasteiger partial charge in [0.1, 0.15) is 0 Å². The van der Waals surface area contributed by atoms with E-state index in [9.17, 15) is 52.8 Å². The molecule has 0 bridgehead atoms. The third-order valence-corrected chi connectivity index (χ3v) is 11.4. The van der Waals surface area contributed by atoms with Crippen LogP contribution in [0.4, 0.5) is 26.3 Å². The molecule has 0 fully saturated rings. The van der Waals surface area contributed by atoms with E-state index in [2.05, 4.69) is 4.99 Å². The molecule has 4 N–H and O–H groups in total. The van der Waals surface area contributed by atoms with Gasteiger partial charge in [-0.15, -0.1) is 0 Å². The predicted octanol–water partition coefficient (Wildman–Crippen LogP) is 5.96. The van der Waals surface area contributed by atoms with Crippen LogP contribution in [0.15, 0.2) is 39.0 Å². The maximum atomic E-state index is 13.3. The quantitative estimate of drug-likeness (QED) is 0.170. The van der Waals surface area contributed by atoms with Gasteiger partial charge < -0.3 is 11.5 Å². The van der Waals surface area contributed by atoms with Gasteiger partial charge in [0, 0.05) is 11.1 Å². The summed E-state index contributed by atoms with van der Waals surface area (Å²) in [5.41, 5.74) is 6.58. The van der Waals surface area contributed by atoms with Crippen LogP contribution in [0.5, 0.6) is 0 Å². The highest BCUT2D eigenvalue weighted by molar-refractivity contribution is 7.93. The van der Waals surface area contributed by atoms with Crippen LogP contribution in [0.3, 0.4) is 0 Å². The predicted molar refractivity (Wildman–Crippen MR) is 157 cm³/mol. The number of guanidine groups is 1. The summed E-state index contributed by atoms with van der Waals surface area (Å²) in [5.74, 6) is -1.70. The van der Waals surface area contributed by atoms with E-state index in [0.29, 0.717) is 12.1 Å². The van der Waals surface area contributed by atoms with E-state index >= 15 is 0 Å². The molecule has 0 unspecified atom stereocenters. The summed E-state index contributed by atoms with van der Waals surface area (Å²) in [5, 5.41) is -1.07. The Bertz CT molecular complexity index is 1750. The lowest BCUT2D eigenvalue weighted by Gasteiger charge is -2.23. The van der Waals surface area contributed by atoms with Crippen LogP contribution in [0.25, 0.3) is 0 Å². The summed E-state index contributed by atoms with van der Waals surface area (Å²) in [4.78, 5) is 24.5. The van der Waals surface area contributed by atoms with Gasteiger partial charge in [-0.25, -0.2) is 16.8 Å². The van der Waals surface area contributed by atoms with E-state index in [1.807, 2.05) is 0 Å². The molecule has 1 amide bonds. The number of alkyl halides is 6. The molecular formula is C27H32ClF6N3O6S2. The lowest BCUT2D eigenvalue weighted by molar-refractivity contribution is -0.140. The van der Waals surface area contributed by atoms with E-state index in [-0.39, 0.29) is 16.7 Å². The van der Waals surface area contributed by atoms with Gasteiger partial charge in [0.25, 0.3) is 11.1 Å². The topological polar surface area (TPSA) is 167 Å². The van der Waals surface area contributed by atoms with Crippen molar-refractivity contribution in [3.05, 3.63) is 57.6 Å². The summed E-state index contributed by atoms with van der Waals surface area (Å²) in [6, 6.07) is 2.61. The van der Waals surface area contributed by atoms with Gasteiger partial charge in [-0.2, -0.15) is 31.3 Å². The summed E-state index contributed by atoms with van der Waals surface area (Å²) in [6.45, 7) is 10.4. The number of hydrogen-bond donors (Lipinski definition) is 2. The number of aryl methyl sites for hydroxylation is 2. The molecule has 45 heavy (non-hydrogen) atoms. The average Bonchev–Trinajstić information content (AvgIpc) is 2.80. The summed E-state index contributed by atoms with van der Waals surface area (Å²) in [7, 11) is -8.52. The van der Waals surface area contributed by atoms with Crippen LogP contribution in [-0.2, 0) is 32.0 Å². The standard InChI is InChI=1S/C14H18F3N3O3S.C13H14ClF3O3S/c1-7-5-10(24(22,23)13(2,3)4)9(14(15,16)17)6-8(7)11(21)20-12(18)19;1-7-5-10(21(19,20)12(2,3)4)9(13(15,16)17)6-8(7)11(14)18/h5-6H,1-4H3,(H4,18,19,20,21);5-6H,1-4H3. The van der Waals surface area contributed by atoms with Gasteiger partial charge in [-0.05, 0) is 102 Å². The Kier molecular flexibility index (Phi) is 11.4. The Morgan fingerprint density at radius 1 is 0.667 bits per heavy atom. The second kappa shape index (κ2) is 12.9.